The van der Waals surface area contributed by atoms with E-state index < -0.39 is 15.9 Å². The van der Waals surface area contributed by atoms with Crippen LogP contribution in [0.4, 0.5) is 0 Å². The van der Waals surface area contributed by atoms with Crippen LogP contribution < -0.4 is 10.5 Å². The van der Waals surface area contributed by atoms with Crippen molar-refractivity contribution in [2.45, 2.75) is 23.5 Å². The summed E-state index contributed by atoms with van der Waals surface area (Å²) < 4.78 is 32.1. The Hall–Kier alpha value is -0.960. The molecule has 1 aliphatic heterocycles. The van der Waals surface area contributed by atoms with Gasteiger partial charge in [-0.05, 0) is 31.2 Å². The third-order valence-electron chi connectivity index (χ3n) is 3.22. The molecular formula is C12H18N2O4S2. The van der Waals surface area contributed by atoms with Crippen LogP contribution in [-0.4, -0.2) is 34.1 Å². The van der Waals surface area contributed by atoms with Crippen LogP contribution >= 0.6 is 11.3 Å². The first-order chi connectivity index (χ1) is 9.49. The van der Waals surface area contributed by atoms with Crippen LogP contribution in [-0.2, 0) is 14.8 Å². The standard InChI is InChI=1S/C12H18N2O4S2/c13-12(15)10-6-11(19-8-10)20(16,17)14-4-3-9-2-1-5-18-7-9/h6,8-9,14H,1-5,7H2,(H2,13,15)/t9-/m0/s1. The highest BCUT2D eigenvalue weighted by Crippen LogP contribution is 2.20. The Morgan fingerprint density at radius 3 is 2.95 bits per heavy atom. The van der Waals surface area contributed by atoms with Gasteiger partial charge in [0.15, 0.2) is 0 Å². The second kappa shape index (κ2) is 6.66. The van der Waals surface area contributed by atoms with Gasteiger partial charge in [-0.25, -0.2) is 13.1 Å². The van der Waals surface area contributed by atoms with Gasteiger partial charge in [-0.1, -0.05) is 0 Å². The average molecular weight is 318 g/mol. The lowest BCUT2D eigenvalue weighted by Crippen LogP contribution is -2.27. The van der Waals surface area contributed by atoms with Gasteiger partial charge in [0.25, 0.3) is 0 Å². The lowest BCUT2D eigenvalue weighted by Gasteiger charge is -2.21. The number of carbonyl (C=O) groups is 1. The molecule has 0 spiro atoms. The van der Waals surface area contributed by atoms with Gasteiger partial charge in [0.1, 0.15) is 4.21 Å². The predicted octanol–water partition coefficient (Wildman–Crippen LogP) is 0.942. The fourth-order valence-corrected chi connectivity index (χ4v) is 4.35. The zero-order chi connectivity index (χ0) is 14.6. The number of hydrogen-bond donors (Lipinski definition) is 2. The highest BCUT2D eigenvalue weighted by atomic mass is 32.2. The minimum Gasteiger partial charge on any atom is -0.381 e. The Morgan fingerprint density at radius 2 is 2.35 bits per heavy atom. The maximum Gasteiger partial charge on any atom is 0.250 e. The van der Waals surface area contributed by atoms with Crippen LogP contribution in [0.5, 0.6) is 0 Å². The number of hydrogen-bond acceptors (Lipinski definition) is 5. The van der Waals surface area contributed by atoms with Crippen molar-refractivity contribution in [1.82, 2.24) is 4.72 Å². The van der Waals surface area contributed by atoms with Crippen LogP contribution in [0, 0.1) is 5.92 Å². The highest BCUT2D eigenvalue weighted by molar-refractivity contribution is 7.91. The van der Waals surface area contributed by atoms with E-state index in [0.29, 0.717) is 19.1 Å². The molecule has 1 fully saturated rings. The molecule has 0 bridgehead atoms. The fraction of sp³-hybridized carbons (Fsp3) is 0.583. The Bertz CT molecular complexity index is 562. The van der Waals surface area contributed by atoms with Crippen molar-refractivity contribution in [3.63, 3.8) is 0 Å². The second-order valence-electron chi connectivity index (χ2n) is 4.79. The molecule has 0 unspecified atom stereocenters. The van der Waals surface area contributed by atoms with Crippen molar-refractivity contribution in [3.05, 3.63) is 17.0 Å². The summed E-state index contributed by atoms with van der Waals surface area (Å²) in [7, 11) is -3.55. The molecule has 1 saturated heterocycles. The van der Waals surface area contributed by atoms with E-state index in [1.54, 1.807) is 0 Å². The predicted molar refractivity (Wildman–Crippen MR) is 76.2 cm³/mol. The normalized spacial score (nSPS) is 19.9. The van der Waals surface area contributed by atoms with Crippen LogP contribution in [0.3, 0.4) is 0 Å². The van der Waals surface area contributed by atoms with Crippen molar-refractivity contribution in [1.29, 1.82) is 0 Å². The molecule has 8 heteroatoms. The number of rotatable bonds is 6. The number of ether oxygens (including phenoxy) is 1. The number of nitrogens with two attached hydrogens (primary N) is 1. The molecule has 0 aliphatic carbocycles. The van der Waals surface area contributed by atoms with Gasteiger partial charge in [-0.15, -0.1) is 11.3 Å². The van der Waals surface area contributed by atoms with Gasteiger partial charge in [0.2, 0.25) is 15.9 Å². The molecule has 2 rings (SSSR count). The Balaban J connectivity index is 1.88. The Labute approximate surface area is 122 Å². The molecule has 112 valence electrons. The van der Waals surface area contributed by atoms with Crippen molar-refractivity contribution in [3.8, 4) is 0 Å². The van der Waals surface area contributed by atoms with E-state index in [1.807, 2.05) is 0 Å². The largest absolute Gasteiger partial charge is 0.381 e. The SMILES string of the molecule is NC(=O)c1csc(S(=O)(=O)NCC[C@@H]2CCCOC2)c1. The van der Waals surface area contributed by atoms with Crippen LogP contribution in [0.1, 0.15) is 29.6 Å². The summed E-state index contributed by atoms with van der Waals surface area (Å²) in [6, 6.07) is 1.30. The van der Waals surface area contributed by atoms with Gasteiger partial charge in [0.05, 0.1) is 5.56 Å². The molecule has 0 aromatic carbocycles. The first-order valence-corrected chi connectivity index (χ1v) is 8.81. The highest BCUT2D eigenvalue weighted by Gasteiger charge is 2.19. The lowest BCUT2D eigenvalue weighted by atomic mass is 9.99. The molecule has 2 heterocycles. The molecular weight excluding hydrogens is 300 g/mol. The summed E-state index contributed by atoms with van der Waals surface area (Å²) in [5.74, 6) is -0.210. The fourth-order valence-electron chi connectivity index (χ4n) is 2.09. The van der Waals surface area contributed by atoms with Gasteiger partial charge < -0.3 is 10.5 Å². The van der Waals surface area contributed by atoms with Crippen molar-refractivity contribution in [2.24, 2.45) is 11.7 Å². The molecule has 1 aromatic rings. The van der Waals surface area contributed by atoms with Gasteiger partial charge in [-0.2, -0.15) is 0 Å². The van der Waals surface area contributed by atoms with E-state index in [9.17, 15) is 13.2 Å². The molecule has 6 nitrogen and oxygen atoms in total. The number of thiophene rings is 1. The quantitative estimate of drug-likeness (QED) is 0.815. The van der Waals surface area contributed by atoms with E-state index in [2.05, 4.69) is 4.72 Å². The first kappa shape index (κ1) is 15.4. The van der Waals surface area contributed by atoms with Crippen LogP contribution in [0.25, 0.3) is 0 Å². The molecule has 0 radical (unpaired) electrons. The molecule has 1 aromatic heterocycles. The smallest absolute Gasteiger partial charge is 0.250 e. The van der Waals surface area contributed by atoms with E-state index in [-0.39, 0.29) is 9.77 Å². The van der Waals surface area contributed by atoms with E-state index in [1.165, 1.54) is 11.4 Å². The topological polar surface area (TPSA) is 98.5 Å². The average Bonchev–Trinajstić information content (AvgIpc) is 2.90. The molecule has 1 amide bonds. The number of nitrogens with one attached hydrogen (secondary N) is 1. The number of sulfonamides is 1. The third kappa shape index (κ3) is 4.02. The number of primary amides is 1. The van der Waals surface area contributed by atoms with E-state index in [0.717, 1.165) is 37.2 Å². The minimum atomic E-state index is -3.55. The summed E-state index contributed by atoms with van der Waals surface area (Å²) in [5.41, 5.74) is 5.33. The number of amides is 1. The summed E-state index contributed by atoms with van der Waals surface area (Å²) in [5, 5.41) is 1.45. The molecule has 3 N–H and O–H groups in total. The minimum absolute atomic E-state index is 0.117. The zero-order valence-corrected chi connectivity index (χ0v) is 12.6. The van der Waals surface area contributed by atoms with Crippen LogP contribution in [0.2, 0.25) is 0 Å². The first-order valence-electron chi connectivity index (χ1n) is 6.45. The van der Waals surface area contributed by atoms with Gasteiger partial charge in [-0.3, -0.25) is 4.79 Å². The molecule has 0 saturated carbocycles. The van der Waals surface area contributed by atoms with E-state index >= 15 is 0 Å². The van der Waals surface area contributed by atoms with Crippen molar-refractivity contribution in [2.75, 3.05) is 19.8 Å². The van der Waals surface area contributed by atoms with Gasteiger partial charge in [0, 0.05) is 25.1 Å². The zero-order valence-electron chi connectivity index (χ0n) is 11.0. The second-order valence-corrected chi connectivity index (χ2v) is 7.69. The molecule has 1 atom stereocenters. The van der Waals surface area contributed by atoms with Crippen molar-refractivity contribution >= 4 is 27.3 Å². The lowest BCUT2D eigenvalue weighted by molar-refractivity contribution is 0.0523. The van der Waals surface area contributed by atoms with Gasteiger partial charge >= 0.3 is 0 Å². The van der Waals surface area contributed by atoms with Crippen molar-refractivity contribution < 1.29 is 17.9 Å². The maximum atomic E-state index is 12.0. The Kier molecular flexibility index (Phi) is 5.14. The number of carbonyl (C=O) groups excluding carboxylic acids is 1. The monoisotopic (exact) mass is 318 g/mol. The summed E-state index contributed by atoms with van der Waals surface area (Å²) in [6.07, 6.45) is 2.87. The molecule has 1 aliphatic rings. The Morgan fingerprint density at radius 1 is 1.55 bits per heavy atom. The summed E-state index contributed by atoms with van der Waals surface area (Å²) >= 11 is 0.995. The van der Waals surface area contributed by atoms with Crippen LogP contribution in [0.15, 0.2) is 15.7 Å². The summed E-state index contributed by atoms with van der Waals surface area (Å²) in [4.78, 5) is 11.0. The maximum absolute atomic E-state index is 12.0. The molecule has 20 heavy (non-hydrogen) atoms. The van der Waals surface area contributed by atoms with E-state index in [4.69, 9.17) is 10.5 Å². The third-order valence-corrected chi connectivity index (χ3v) is 6.12. The summed E-state index contributed by atoms with van der Waals surface area (Å²) in [6.45, 7) is 1.88.